The number of ether oxygens (including phenoxy) is 3. The lowest BCUT2D eigenvalue weighted by molar-refractivity contribution is -0.118. The van der Waals surface area contributed by atoms with Crippen molar-refractivity contribution < 1.29 is 23.8 Å². The monoisotopic (exact) mass is 407 g/mol. The Kier molecular flexibility index (Phi) is 6.83. The Morgan fingerprint density at radius 2 is 1.67 bits per heavy atom. The molecule has 2 amide bonds. The molecule has 0 fully saturated rings. The summed E-state index contributed by atoms with van der Waals surface area (Å²) in [7, 11) is 3.08. The standard InChI is InChI=1S/C22H21N3O5/c1-28-19-5-3-4-16(12-19)24-20(26)14-30-18-9-6-15(7-10-18)22(27)25-17-8-11-21(29-2)23-13-17/h3-13H,14H2,1-2H3,(H,24,26)(H,25,27). The van der Waals surface area contributed by atoms with Gasteiger partial charge in [-0.25, -0.2) is 4.98 Å². The van der Waals surface area contributed by atoms with Gasteiger partial charge in [0.05, 0.1) is 26.1 Å². The molecule has 2 aromatic carbocycles. The molecule has 0 saturated carbocycles. The second kappa shape index (κ2) is 9.92. The van der Waals surface area contributed by atoms with E-state index in [0.29, 0.717) is 34.3 Å². The molecule has 0 aliphatic heterocycles. The van der Waals surface area contributed by atoms with E-state index in [4.69, 9.17) is 14.2 Å². The van der Waals surface area contributed by atoms with E-state index in [2.05, 4.69) is 15.6 Å². The Labute approximate surface area is 173 Å². The van der Waals surface area contributed by atoms with Gasteiger partial charge in [-0.05, 0) is 42.5 Å². The van der Waals surface area contributed by atoms with Gasteiger partial charge in [-0.2, -0.15) is 0 Å². The summed E-state index contributed by atoms with van der Waals surface area (Å²) >= 11 is 0. The molecule has 3 rings (SSSR count). The number of methoxy groups -OCH3 is 2. The van der Waals surface area contributed by atoms with Gasteiger partial charge in [0.15, 0.2) is 6.61 Å². The second-order valence-electron chi connectivity index (χ2n) is 6.14. The third-order valence-electron chi connectivity index (χ3n) is 4.04. The van der Waals surface area contributed by atoms with E-state index in [9.17, 15) is 9.59 Å². The predicted molar refractivity (Wildman–Crippen MR) is 112 cm³/mol. The lowest BCUT2D eigenvalue weighted by Gasteiger charge is -2.09. The summed E-state index contributed by atoms with van der Waals surface area (Å²) in [5, 5.41) is 5.47. The Bertz CT molecular complexity index is 1000. The summed E-state index contributed by atoms with van der Waals surface area (Å²) < 4.78 is 15.6. The van der Waals surface area contributed by atoms with Crippen molar-refractivity contribution in [1.82, 2.24) is 4.98 Å². The van der Waals surface area contributed by atoms with Crippen molar-refractivity contribution in [2.45, 2.75) is 0 Å². The number of nitrogens with one attached hydrogen (secondary N) is 2. The van der Waals surface area contributed by atoms with E-state index < -0.39 is 0 Å². The van der Waals surface area contributed by atoms with Gasteiger partial charge in [0.1, 0.15) is 11.5 Å². The molecule has 0 spiro atoms. The largest absolute Gasteiger partial charge is 0.497 e. The molecule has 3 aromatic rings. The minimum atomic E-state index is -0.308. The average Bonchev–Trinajstić information content (AvgIpc) is 2.78. The van der Waals surface area contributed by atoms with Crippen LogP contribution in [0.1, 0.15) is 10.4 Å². The number of aromatic nitrogens is 1. The molecule has 30 heavy (non-hydrogen) atoms. The lowest BCUT2D eigenvalue weighted by Crippen LogP contribution is -2.20. The van der Waals surface area contributed by atoms with Crippen LogP contribution < -0.4 is 24.8 Å². The van der Waals surface area contributed by atoms with Crippen LogP contribution >= 0.6 is 0 Å². The quantitative estimate of drug-likeness (QED) is 0.594. The maximum absolute atomic E-state index is 12.3. The fourth-order valence-corrected chi connectivity index (χ4v) is 2.53. The smallest absolute Gasteiger partial charge is 0.262 e. The van der Waals surface area contributed by atoms with Gasteiger partial charge in [-0.1, -0.05) is 6.07 Å². The van der Waals surface area contributed by atoms with Gasteiger partial charge < -0.3 is 24.8 Å². The van der Waals surface area contributed by atoms with Gasteiger partial charge in [0.25, 0.3) is 11.8 Å². The van der Waals surface area contributed by atoms with Crippen LogP contribution in [-0.4, -0.2) is 37.6 Å². The summed E-state index contributed by atoms with van der Waals surface area (Å²) in [6, 6.07) is 16.9. The highest BCUT2D eigenvalue weighted by molar-refractivity contribution is 6.04. The van der Waals surface area contributed by atoms with E-state index in [-0.39, 0.29) is 18.4 Å². The van der Waals surface area contributed by atoms with Gasteiger partial charge in [-0.3, -0.25) is 9.59 Å². The first-order valence-corrected chi connectivity index (χ1v) is 9.05. The van der Waals surface area contributed by atoms with Gasteiger partial charge in [0, 0.05) is 23.4 Å². The molecule has 0 atom stereocenters. The number of amides is 2. The number of carbonyl (C=O) groups excluding carboxylic acids is 2. The van der Waals surface area contributed by atoms with Crippen molar-refractivity contribution in [3.05, 3.63) is 72.4 Å². The predicted octanol–water partition coefficient (Wildman–Crippen LogP) is 3.37. The highest BCUT2D eigenvalue weighted by atomic mass is 16.5. The zero-order chi connectivity index (χ0) is 21.3. The van der Waals surface area contributed by atoms with Gasteiger partial charge in [0.2, 0.25) is 5.88 Å². The zero-order valence-electron chi connectivity index (χ0n) is 16.5. The van der Waals surface area contributed by atoms with E-state index in [1.807, 2.05) is 0 Å². The molecule has 154 valence electrons. The summed E-state index contributed by atoms with van der Waals surface area (Å²) in [5.41, 5.74) is 1.61. The van der Waals surface area contributed by atoms with Crippen LogP contribution in [0.25, 0.3) is 0 Å². The number of rotatable bonds is 8. The molecule has 8 nitrogen and oxygen atoms in total. The molecule has 0 aliphatic carbocycles. The number of pyridine rings is 1. The Morgan fingerprint density at radius 3 is 2.33 bits per heavy atom. The molecular formula is C22H21N3O5. The Morgan fingerprint density at radius 1 is 0.867 bits per heavy atom. The third kappa shape index (κ3) is 5.71. The first-order chi connectivity index (χ1) is 14.6. The van der Waals surface area contributed by atoms with E-state index in [1.165, 1.54) is 13.3 Å². The van der Waals surface area contributed by atoms with Crippen molar-refractivity contribution in [2.75, 3.05) is 31.5 Å². The molecule has 0 saturated heterocycles. The minimum absolute atomic E-state index is 0.166. The Balaban J connectivity index is 1.50. The first-order valence-electron chi connectivity index (χ1n) is 9.05. The number of nitrogens with zero attached hydrogens (tertiary/aromatic N) is 1. The maximum Gasteiger partial charge on any atom is 0.262 e. The van der Waals surface area contributed by atoms with Crippen molar-refractivity contribution in [3.8, 4) is 17.4 Å². The minimum Gasteiger partial charge on any atom is -0.497 e. The van der Waals surface area contributed by atoms with Crippen LogP contribution in [0, 0.1) is 0 Å². The van der Waals surface area contributed by atoms with E-state index in [0.717, 1.165) is 0 Å². The first kappa shape index (κ1) is 20.7. The highest BCUT2D eigenvalue weighted by Crippen LogP contribution is 2.18. The number of benzene rings is 2. The fraction of sp³-hybridized carbons (Fsp3) is 0.136. The van der Waals surface area contributed by atoms with E-state index >= 15 is 0 Å². The molecule has 1 heterocycles. The molecule has 0 radical (unpaired) electrons. The van der Waals surface area contributed by atoms with Crippen molar-refractivity contribution >= 4 is 23.2 Å². The molecule has 0 unspecified atom stereocenters. The molecule has 2 N–H and O–H groups in total. The van der Waals surface area contributed by atoms with Crippen LogP contribution in [0.4, 0.5) is 11.4 Å². The topological polar surface area (TPSA) is 98.8 Å². The van der Waals surface area contributed by atoms with Crippen LogP contribution in [0.3, 0.4) is 0 Å². The van der Waals surface area contributed by atoms with Gasteiger partial charge >= 0.3 is 0 Å². The van der Waals surface area contributed by atoms with Gasteiger partial charge in [-0.15, -0.1) is 0 Å². The SMILES string of the molecule is COc1cccc(NC(=O)COc2ccc(C(=O)Nc3ccc(OC)nc3)cc2)c1. The normalized spacial score (nSPS) is 10.1. The number of carbonyl (C=O) groups is 2. The summed E-state index contributed by atoms with van der Waals surface area (Å²) in [5.74, 6) is 0.984. The summed E-state index contributed by atoms with van der Waals surface area (Å²) in [4.78, 5) is 28.4. The summed E-state index contributed by atoms with van der Waals surface area (Å²) in [6.45, 7) is -0.166. The lowest BCUT2D eigenvalue weighted by atomic mass is 10.2. The molecule has 0 bridgehead atoms. The molecular weight excluding hydrogens is 386 g/mol. The van der Waals surface area contributed by atoms with Crippen molar-refractivity contribution in [3.63, 3.8) is 0 Å². The average molecular weight is 407 g/mol. The molecule has 8 heteroatoms. The Hall–Kier alpha value is -4.07. The van der Waals surface area contributed by atoms with Crippen molar-refractivity contribution in [1.29, 1.82) is 0 Å². The van der Waals surface area contributed by atoms with Crippen LogP contribution in [0.15, 0.2) is 66.9 Å². The number of anilines is 2. The maximum atomic E-state index is 12.3. The molecule has 0 aliphatic rings. The molecule has 1 aromatic heterocycles. The van der Waals surface area contributed by atoms with E-state index in [1.54, 1.807) is 67.8 Å². The van der Waals surface area contributed by atoms with Crippen LogP contribution in [0.2, 0.25) is 0 Å². The van der Waals surface area contributed by atoms with Crippen molar-refractivity contribution in [2.24, 2.45) is 0 Å². The number of hydrogen-bond donors (Lipinski definition) is 2. The third-order valence-corrected chi connectivity index (χ3v) is 4.04. The summed E-state index contributed by atoms with van der Waals surface area (Å²) in [6.07, 6.45) is 1.51. The van der Waals surface area contributed by atoms with Crippen LogP contribution in [-0.2, 0) is 4.79 Å². The number of hydrogen-bond acceptors (Lipinski definition) is 6. The highest BCUT2D eigenvalue weighted by Gasteiger charge is 2.08. The fourth-order valence-electron chi connectivity index (χ4n) is 2.53. The van der Waals surface area contributed by atoms with Crippen LogP contribution in [0.5, 0.6) is 17.4 Å². The zero-order valence-corrected chi connectivity index (χ0v) is 16.5. The second-order valence-corrected chi connectivity index (χ2v) is 6.14.